The van der Waals surface area contributed by atoms with E-state index in [0.717, 1.165) is 37.0 Å². The molecule has 2 unspecified atom stereocenters. The number of likely N-dealkylation sites (tertiary alicyclic amines) is 1. The van der Waals surface area contributed by atoms with Crippen molar-refractivity contribution in [3.05, 3.63) is 29.8 Å². The lowest BCUT2D eigenvalue weighted by molar-refractivity contribution is -0.140. The summed E-state index contributed by atoms with van der Waals surface area (Å²) in [5.74, 6) is -0.0726. The van der Waals surface area contributed by atoms with E-state index in [0.29, 0.717) is 13.1 Å². The van der Waals surface area contributed by atoms with Crippen LogP contribution in [-0.4, -0.2) is 42.1 Å². The zero-order valence-corrected chi connectivity index (χ0v) is 14.3. The molecule has 1 aliphatic carbocycles. The predicted molar refractivity (Wildman–Crippen MR) is 90.0 cm³/mol. The molecule has 1 aromatic carbocycles. The van der Waals surface area contributed by atoms with E-state index < -0.39 is 5.97 Å². The topological polar surface area (TPSA) is 66.8 Å². The van der Waals surface area contributed by atoms with Crippen molar-refractivity contribution >= 4 is 11.9 Å². The molecule has 2 aliphatic rings. The van der Waals surface area contributed by atoms with Crippen molar-refractivity contribution in [2.45, 2.75) is 38.5 Å². The summed E-state index contributed by atoms with van der Waals surface area (Å²) in [7, 11) is 1.63. The molecule has 1 N–H and O–H groups in total. The maximum Gasteiger partial charge on any atom is 0.307 e. The van der Waals surface area contributed by atoms with Crippen LogP contribution in [0.5, 0.6) is 5.75 Å². The van der Waals surface area contributed by atoms with Gasteiger partial charge in [-0.1, -0.05) is 19.1 Å². The molecule has 0 bridgehead atoms. The number of aliphatic carboxylic acids is 1. The highest BCUT2D eigenvalue weighted by Gasteiger charge is 2.59. The Labute approximate surface area is 142 Å². The molecular weight excluding hydrogens is 306 g/mol. The molecule has 1 spiro atoms. The summed E-state index contributed by atoms with van der Waals surface area (Å²) in [6.07, 6.45) is 3.16. The van der Waals surface area contributed by atoms with Crippen LogP contribution in [0, 0.1) is 11.3 Å². The number of benzene rings is 1. The van der Waals surface area contributed by atoms with Crippen molar-refractivity contribution in [3.63, 3.8) is 0 Å². The van der Waals surface area contributed by atoms with Crippen molar-refractivity contribution in [2.75, 3.05) is 20.2 Å². The second-order valence-electron chi connectivity index (χ2n) is 7.02. The van der Waals surface area contributed by atoms with Gasteiger partial charge in [-0.15, -0.1) is 0 Å². The van der Waals surface area contributed by atoms with Gasteiger partial charge in [0.25, 0.3) is 0 Å². The van der Waals surface area contributed by atoms with Crippen LogP contribution in [0.15, 0.2) is 24.3 Å². The fourth-order valence-corrected chi connectivity index (χ4v) is 4.03. The van der Waals surface area contributed by atoms with Gasteiger partial charge >= 0.3 is 5.97 Å². The molecule has 0 radical (unpaired) electrons. The van der Waals surface area contributed by atoms with Gasteiger partial charge in [-0.05, 0) is 48.8 Å². The third kappa shape index (κ3) is 2.99. The highest BCUT2D eigenvalue weighted by atomic mass is 16.5. The lowest BCUT2D eigenvalue weighted by Gasteiger charge is -2.34. The van der Waals surface area contributed by atoms with Gasteiger partial charge < -0.3 is 14.7 Å². The van der Waals surface area contributed by atoms with Crippen molar-refractivity contribution in [1.82, 2.24) is 4.90 Å². The number of amides is 1. The van der Waals surface area contributed by atoms with Gasteiger partial charge in [-0.3, -0.25) is 9.59 Å². The molecule has 1 aromatic rings. The molecule has 1 aliphatic heterocycles. The zero-order chi connectivity index (χ0) is 17.3. The summed E-state index contributed by atoms with van der Waals surface area (Å²) in [5, 5.41) is 9.17. The van der Waals surface area contributed by atoms with Gasteiger partial charge in [0.05, 0.1) is 18.9 Å². The van der Waals surface area contributed by atoms with Crippen LogP contribution in [0.25, 0.3) is 0 Å². The lowest BCUT2D eigenvalue weighted by Crippen LogP contribution is -2.42. The Kier molecular flexibility index (Phi) is 4.52. The summed E-state index contributed by atoms with van der Waals surface area (Å²) in [6.45, 7) is 3.38. The average Bonchev–Trinajstić information content (AvgIpc) is 3.30. The summed E-state index contributed by atoms with van der Waals surface area (Å²) in [5.41, 5.74) is 0.975. The van der Waals surface area contributed by atoms with Gasteiger partial charge in [0.1, 0.15) is 5.75 Å². The summed E-state index contributed by atoms with van der Waals surface area (Å²) in [4.78, 5) is 26.0. The van der Waals surface area contributed by atoms with Gasteiger partial charge in [-0.25, -0.2) is 0 Å². The number of carboxylic acid groups (broad SMARTS) is 1. The van der Waals surface area contributed by atoms with Crippen LogP contribution in [0.1, 0.15) is 44.1 Å². The smallest absolute Gasteiger partial charge is 0.307 e. The number of hydrogen-bond donors (Lipinski definition) is 1. The Balaban J connectivity index is 1.64. The van der Waals surface area contributed by atoms with E-state index >= 15 is 0 Å². The van der Waals surface area contributed by atoms with Gasteiger partial charge in [0.2, 0.25) is 5.91 Å². The quantitative estimate of drug-likeness (QED) is 0.901. The third-order valence-electron chi connectivity index (χ3n) is 5.78. The maximum atomic E-state index is 12.9. The third-order valence-corrected chi connectivity index (χ3v) is 5.78. The van der Waals surface area contributed by atoms with Gasteiger partial charge in [-0.2, -0.15) is 0 Å². The van der Waals surface area contributed by atoms with Crippen molar-refractivity contribution in [3.8, 4) is 5.75 Å². The number of methoxy groups -OCH3 is 1. The van der Waals surface area contributed by atoms with Crippen LogP contribution in [0.3, 0.4) is 0 Å². The number of hydrogen-bond acceptors (Lipinski definition) is 3. The molecule has 2 atom stereocenters. The summed E-state index contributed by atoms with van der Waals surface area (Å²) in [6, 6.07) is 7.69. The monoisotopic (exact) mass is 331 g/mol. The maximum absolute atomic E-state index is 12.9. The molecule has 3 rings (SSSR count). The fraction of sp³-hybridized carbons (Fsp3) is 0.579. The van der Waals surface area contributed by atoms with E-state index in [4.69, 9.17) is 4.74 Å². The minimum atomic E-state index is -0.681. The highest BCUT2D eigenvalue weighted by Crippen LogP contribution is 2.59. The number of carboxylic acids is 1. The first-order chi connectivity index (χ1) is 11.5. The van der Waals surface area contributed by atoms with Crippen molar-refractivity contribution < 1.29 is 19.4 Å². The second-order valence-corrected chi connectivity index (χ2v) is 7.02. The molecule has 1 amide bonds. The molecule has 1 heterocycles. The minimum absolute atomic E-state index is 0.0373. The molecule has 5 heteroatoms. The van der Waals surface area contributed by atoms with E-state index in [2.05, 4.69) is 0 Å². The van der Waals surface area contributed by atoms with Crippen LogP contribution < -0.4 is 4.74 Å². The van der Waals surface area contributed by atoms with E-state index in [1.807, 2.05) is 36.1 Å². The number of carbonyl (C=O) groups excluding carboxylic acids is 1. The molecule has 5 nitrogen and oxygen atoms in total. The van der Waals surface area contributed by atoms with E-state index in [1.54, 1.807) is 7.11 Å². The van der Waals surface area contributed by atoms with Crippen LogP contribution in [0.2, 0.25) is 0 Å². The molecule has 130 valence electrons. The number of nitrogens with zero attached hydrogens (tertiary/aromatic N) is 1. The molecular formula is C19H25NO4. The second kappa shape index (κ2) is 6.46. The molecule has 2 fully saturated rings. The summed E-state index contributed by atoms with van der Waals surface area (Å²) >= 11 is 0. The normalized spacial score (nSPS) is 22.9. The van der Waals surface area contributed by atoms with E-state index in [-0.39, 0.29) is 23.2 Å². The summed E-state index contributed by atoms with van der Waals surface area (Å²) < 4.78 is 5.18. The number of carbonyl (C=O) groups is 2. The van der Waals surface area contributed by atoms with Crippen molar-refractivity contribution in [1.29, 1.82) is 0 Å². The van der Waals surface area contributed by atoms with Crippen molar-refractivity contribution in [2.24, 2.45) is 11.3 Å². The predicted octanol–water partition coefficient (Wildman–Crippen LogP) is 2.90. The highest BCUT2D eigenvalue weighted by molar-refractivity contribution is 5.84. The molecule has 0 aromatic heterocycles. The Morgan fingerprint density at radius 3 is 2.38 bits per heavy atom. The van der Waals surface area contributed by atoms with Gasteiger partial charge in [0.15, 0.2) is 0 Å². The minimum Gasteiger partial charge on any atom is -0.497 e. The first kappa shape index (κ1) is 16.8. The molecule has 1 saturated heterocycles. The van der Waals surface area contributed by atoms with Crippen LogP contribution in [-0.2, 0) is 9.59 Å². The fourth-order valence-electron chi connectivity index (χ4n) is 4.03. The number of piperidine rings is 1. The number of rotatable bonds is 5. The number of ether oxygens (including phenoxy) is 1. The van der Waals surface area contributed by atoms with Crippen LogP contribution >= 0.6 is 0 Å². The van der Waals surface area contributed by atoms with Crippen LogP contribution in [0.4, 0.5) is 0 Å². The SMILES string of the molecule is CCC(C(=O)N1CCC2(CC1)CC2C(=O)O)c1ccc(OC)cc1. The molecule has 1 saturated carbocycles. The van der Waals surface area contributed by atoms with Gasteiger partial charge in [0, 0.05) is 13.1 Å². The standard InChI is InChI=1S/C19H25NO4/c1-3-15(13-4-6-14(24-2)7-5-13)17(21)20-10-8-19(9-11-20)12-16(19)18(22)23/h4-7,15-16H,3,8-12H2,1-2H3,(H,22,23). The largest absolute Gasteiger partial charge is 0.497 e. The first-order valence-corrected chi connectivity index (χ1v) is 8.66. The first-order valence-electron chi connectivity index (χ1n) is 8.66. The lowest BCUT2D eigenvalue weighted by atomic mass is 9.88. The Morgan fingerprint density at radius 2 is 1.92 bits per heavy atom. The Hall–Kier alpha value is -2.04. The van der Waals surface area contributed by atoms with E-state index in [1.165, 1.54) is 0 Å². The Bertz CT molecular complexity index is 617. The molecule has 24 heavy (non-hydrogen) atoms. The Morgan fingerprint density at radius 1 is 1.29 bits per heavy atom. The van der Waals surface area contributed by atoms with E-state index in [9.17, 15) is 14.7 Å². The zero-order valence-electron chi connectivity index (χ0n) is 14.3. The average molecular weight is 331 g/mol.